The number of nitrogens with zero attached hydrogens (tertiary/aromatic N) is 2. The first kappa shape index (κ1) is 15.1. The van der Waals surface area contributed by atoms with Gasteiger partial charge in [-0.15, -0.1) is 11.3 Å². The van der Waals surface area contributed by atoms with Crippen LogP contribution in [0.2, 0.25) is 5.02 Å². The second-order valence-electron chi connectivity index (χ2n) is 5.54. The van der Waals surface area contributed by atoms with Crippen LogP contribution in [0.5, 0.6) is 0 Å². The lowest BCUT2D eigenvalue weighted by molar-refractivity contribution is 1.03. The Kier molecular flexibility index (Phi) is 3.92. The highest BCUT2D eigenvalue weighted by atomic mass is 35.5. The normalized spacial score (nSPS) is 13.4. The quantitative estimate of drug-likeness (QED) is 0.681. The summed E-state index contributed by atoms with van der Waals surface area (Å²) >= 11 is 7.85. The molecule has 1 N–H and O–H groups in total. The lowest BCUT2D eigenvalue weighted by Crippen LogP contribution is -2.19. The Morgan fingerprint density at radius 3 is 2.62 bits per heavy atom. The first-order chi connectivity index (χ1) is 11.7. The van der Waals surface area contributed by atoms with E-state index in [1.165, 1.54) is 5.56 Å². The fourth-order valence-corrected chi connectivity index (χ4v) is 3.45. The first-order valence-electron chi connectivity index (χ1n) is 7.54. The predicted molar refractivity (Wildman–Crippen MR) is 102 cm³/mol. The molecule has 118 valence electrons. The number of fused-ring (bicyclic) bond motifs is 1. The Bertz CT molecular complexity index is 941. The van der Waals surface area contributed by atoms with E-state index in [1.807, 2.05) is 47.8 Å². The molecule has 0 saturated heterocycles. The summed E-state index contributed by atoms with van der Waals surface area (Å²) in [4.78, 5) is 5.85. The molecular formula is C19H14ClN3S. The van der Waals surface area contributed by atoms with Crippen LogP contribution >= 0.6 is 22.9 Å². The summed E-state index contributed by atoms with van der Waals surface area (Å²) in [5.41, 5.74) is 7.97. The van der Waals surface area contributed by atoms with Crippen molar-refractivity contribution in [1.82, 2.24) is 5.43 Å². The fourth-order valence-electron chi connectivity index (χ4n) is 2.55. The first-order valence-corrected chi connectivity index (χ1v) is 8.80. The van der Waals surface area contributed by atoms with E-state index in [2.05, 4.69) is 29.6 Å². The maximum atomic E-state index is 6.21. The van der Waals surface area contributed by atoms with E-state index >= 15 is 0 Å². The molecule has 2 aromatic carbocycles. The predicted octanol–water partition coefficient (Wildman–Crippen LogP) is 5.14. The van der Waals surface area contributed by atoms with Crippen LogP contribution in [-0.4, -0.2) is 11.5 Å². The molecule has 4 rings (SSSR count). The third-order valence-corrected chi connectivity index (χ3v) is 4.91. The molecular weight excluding hydrogens is 338 g/mol. The highest BCUT2D eigenvalue weighted by Gasteiger charge is 2.18. The number of aryl methyl sites for hydroxylation is 1. The van der Waals surface area contributed by atoms with Crippen molar-refractivity contribution in [3.05, 3.63) is 86.6 Å². The van der Waals surface area contributed by atoms with Gasteiger partial charge in [-0.3, -0.25) is 5.43 Å². The monoisotopic (exact) mass is 351 g/mol. The summed E-state index contributed by atoms with van der Waals surface area (Å²) in [5, 5.41) is 7.33. The van der Waals surface area contributed by atoms with Gasteiger partial charge in [0, 0.05) is 16.1 Å². The van der Waals surface area contributed by atoms with Gasteiger partial charge in [0.05, 0.1) is 10.6 Å². The third-order valence-electron chi connectivity index (χ3n) is 3.80. The third kappa shape index (κ3) is 2.86. The van der Waals surface area contributed by atoms with Gasteiger partial charge in [0.25, 0.3) is 0 Å². The van der Waals surface area contributed by atoms with Gasteiger partial charge in [0.2, 0.25) is 0 Å². The van der Waals surface area contributed by atoms with Crippen LogP contribution in [0.4, 0.5) is 5.69 Å². The molecule has 0 fully saturated rings. The van der Waals surface area contributed by atoms with E-state index in [9.17, 15) is 0 Å². The van der Waals surface area contributed by atoms with Gasteiger partial charge in [0.15, 0.2) is 5.84 Å². The topological polar surface area (TPSA) is 36.8 Å². The summed E-state index contributed by atoms with van der Waals surface area (Å²) in [5.74, 6) is 0.727. The van der Waals surface area contributed by atoms with Gasteiger partial charge < -0.3 is 0 Å². The van der Waals surface area contributed by atoms with Crippen molar-refractivity contribution in [3.63, 3.8) is 0 Å². The van der Waals surface area contributed by atoms with Crippen molar-refractivity contribution in [3.8, 4) is 0 Å². The largest absolute Gasteiger partial charge is 0.260 e. The molecule has 0 saturated carbocycles. The van der Waals surface area contributed by atoms with Gasteiger partial charge >= 0.3 is 0 Å². The molecule has 1 aromatic heterocycles. The van der Waals surface area contributed by atoms with Gasteiger partial charge in [-0.1, -0.05) is 47.5 Å². The molecule has 0 atom stereocenters. The fraction of sp³-hybridized carbons (Fsp3) is 0.0526. The standard InChI is InChI=1S/C19H14ClN3S/c1-12-4-6-13(7-5-12)19-21-16-9-8-14(20)11-15(16)18(22-23-19)17-3-2-10-24-17/h2-11H,1H3,(H,21,23). The second-order valence-corrected chi connectivity index (χ2v) is 6.92. The van der Waals surface area contributed by atoms with Gasteiger partial charge in [-0.2, -0.15) is 5.10 Å². The van der Waals surface area contributed by atoms with Crippen LogP contribution in [0.1, 0.15) is 21.6 Å². The summed E-state index contributed by atoms with van der Waals surface area (Å²) in [7, 11) is 0. The maximum absolute atomic E-state index is 6.21. The Labute approximate surface area is 149 Å². The van der Waals surface area contributed by atoms with Gasteiger partial charge in [-0.25, -0.2) is 4.99 Å². The van der Waals surface area contributed by atoms with Crippen molar-refractivity contribution in [2.24, 2.45) is 10.1 Å². The molecule has 0 radical (unpaired) electrons. The summed E-state index contributed by atoms with van der Waals surface area (Å²) in [6.45, 7) is 2.07. The minimum Gasteiger partial charge on any atom is -0.260 e. The minimum atomic E-state index is 0.673. The highest BCUT2D eigenvalue weighted by Crippen LogP contribution is 2.29. The summed E-state index contributed by atoms with van der Waals surface area (Å²) in [6.07, 6.45) is 0. The molecule has 3 nitrogen and oxygen atoms in total. The number of aliphatic imine (C=N–C) groups is 1. The zero-order valence-corrected chi connectivity index (χ0v) is 14.5. The number of hydrazone groups is 1. The number of thiophene rings is 1. The number of hydrogen-bond donors (Lipinski definition) is 1. The molecule has 5 heteroatoms. The van der Waals surface area contributed by atoms with E-state index in [0.29, 0.717) is 5.02 Å². The van der Waals surface area contributed by atoms with Crippen LogP contribution in [-0.2, 0) is 0 Å². The molecule has 3 aromatic rings. The number of nitrogens with one attached hydrogen (secondary N) is 1. The summed E-state index contributed by atoms with van der Waals surface area (Å²) in [6, 6.07) is 18.0. The average Bonchev–Trinajstić information content (AvgIpc) is 3.04. The van der Waals surface area contributed by atoms with Crippen LogP contribution in [0, 0.1) is 6.92 Å². The van der Waals surface area contributed by atoms with Crippen molar-refractivity contribution in [1.29, 1.82) is 0 Å². The van der Waals surface area contributed by atoms with Crippen molar-refractivity contribution in [2.75, 3.05) is 0 Å². The molecule has 1 aliphatic rings. The average molecular weight is 352 g/mol. The number of amidine groups is 1. The maximum Gasteiger partial charge on any atom is 0.154 e. The lowest BCUT2D eigenvalue weighted by Gasteiger charge is -2.05. The number of rotatable bonds is 2. The van der Waals surface area contributed by atoms with E-state index in [4.69, 9.17) is 16.6 Å². The number of benzene rings is 2. The van der Waals surface area contributed by atoms with Gasteiger partial charge in [-0.05, 0) is 36.6 Å². The Morgan fingerprint density at radius 2 is 1.88 bits per heavy atom. The molecule has 2 heterocycles. The van der Waals surface area contributed by atoms with E-state index in [0.717, 1.165) is 33.2 Å². The van der Waals surface area contributed by atoms with Crippen LogP contribution in [0.25, 0.3) is 0 Å². The van der Waals surface area contributed by atoms with Crippen LogP contribution in [0.15, 0.2) is 70.1 Å². The zero-order chi connectivity index (χ0) is 16.5. The molecule has 0 bridgehead atoms. The van der Waals surface area contributed by atoms with Gasteiger partial charge in [0.1, 0.15) is 5.71 Å². The van der Waals surface area contributed by atoms with E-state index in [1.54, 1.807) is 11.3 Å². The Morgan fingerprint density at radius 1 is 1.04 bits per heavy atom. The molecule has 24 heavy (non-hydrogen) atoms. The molecule has 0 aliphatic carbocycles. The Hall–Kier alpha value is -2.43. The molecule has 0 unspecified atom stereocenters. The van der Waals surface area contributed by atoms with Crippen LogP contribution < -0.4 is 5.43 Å². The number of hydrogen-bond acceptors (Lipinski definition) is 4. The zero-order valence-electron chi connectivity index (χ0n) is 13.0. The van der Waals surface area contributed by atoms with E-state index < -0.39 is 0 Å². The minimum absolute atomic E-state index is 0.673. The highest BCUT2D eigenvalue weighted by molar-refractivity contribution is 7.12. The second kappa shape index (κ2) is 6.23. The Balaban J connectivity index is 1.87. The van der Waals surface area contributed by atoms with Crippen molar-refractivity contribution >= 4 is 40.2 Å². The number of halogens is 1. The SMILES string of the molecule is Cc1ccc(C2=Nc3ccc(Cl)cc3C(c3cccs3)=NN2)cc1. The summed E-state index contributed by atoms with van der Waals surface area (Å²) < 4.78 is 0. The smallest absolute Gasteiger partial charge is 0.154 e. The van der Waals surface area contributed by atoms with Crippen molar-refractivity contribution < 1.29 is 0 Å². The molecule has 1 aliphatic heterocycles. The lowest BCUT2D eigenvalue weighted by atomic mass is 10.1. The van der Waals surface area contributed by atoms with E-state index in [-0.39, 0.29) is 0 Å². The van der Waals surface area contributed by atoms with Crippen molar-refractivity contribution in [2.45, 2.75) is 6.92 Å². The molecule has 0 amide bonds. The molecule has 0 spiro atoms. The van der Waals surface area contributed by atoms with Crippen LogP contribution in [0.3, 0.4) is 0 Å².